The van der Waals surface area contributed by atoms with Crippen LogP contribution in [0.2, 0.25) is 5.02 Å². The molecule has 3 rings (SSSR count). The lowest BCUT2D eigenvalue weighted by molar-refractivity contribution is 0.00578. The molecule has 0 atom stereocenters. The van der Waals surface area contributed by atoms with Gasteiger partial charge in [-0.3, -0.25) is 0 Å². The van der Waals surface area contributed by atoms with Crippen LogP contribution in [0, 0.1) is 0 Å². The van der Waals surface area contributed by atoms with Gasteiger partial charge in [0.25, 0.3) is 0 Å². The van der Waals surface area contributed by atoms with E-state index in [0.717, 1.165) is 16.5 Å². The SMILES string of the molecule is CC1(C)OB(c2cc(Cl)c3nc[nH]c3c2)OC1(C)C. The molecule has 0 saturated carbocycles. The Morgan fingerprint density at radius 2 is 1.79 bits per heavy atom. The first-order valence-electron chi connectivity index (χ1n) is 6.28. The second kappa shape index (κ2) is 3.98. The van der Waals surface area contributed by atoms with Crippen LogP contribution in [0.15, 0.2) is 18.5 Å². The van der Waals surface area contributed by atoms with Crippen molar-refractivity contribution in [2.24, 2.45) is 0 Å². The van der Waals surface area contributed by atoms with Crippen LogP contribution in [0.5, 0.6) is 0 Å². The van der Waals surface area contributed by atoms with Crippen molar-refractivity contribution in [2.75, 3.05) is 0 Å². The molecule has 1 aromatic heterocycles. The molecule has 1 fully saturated rings. The van der Waals surface area contributed by atoms with E-state index in [1.54, 1.807) is 6.33 Å². The Morgan fingerprint density at radius 3 is 2.42 bits per heavy atom. The standard InChI is InChI=1S/C13H16BClN2O2/c1-12(2)13(3,4)19-14(18-12)8-5-9(15)11-10(6-8)16-7-17-11/h5-7H,1-4H3,(H,16,17). The maximum Gasteiger partial charge on any atom is 0.494 e. The fourth-order valence-electron chi connectivity index (χ4n) is 2.14. The van der Waals surface area contributed by atoms with Gasteiger partial charge in [-0.1, -0.05) is 11.6 Å². The highest BCUT2D eigenvalue weighted by Gasteiger charge is 2.51. The third kappa shape index (κ3) is 1.97. The average Bonchev–Trinajstić information content (AvgIpc) is 2.82. The van der Waals surface area contributed by atoms with Gasteiger partial charge in [0.15, 0.2) is 0 Å². The van der Waals surface area contributed by atoms with Crippen molar-refractivity contribution in [3.05, 3.63) is 23.5 Å². The normalized spacial score (nSPS) is 21.2. The van der Waals surface area contributed by atoms with E-state index < -0.39 is 7.12 Å². The summed E-state index contributed by atoms with van der Waals surface area (Å²) in [7, 11) is -0.407. The molecule has 2 heterocycles. The Morgan fingerprint density at radius 1 is 1.16 bits per heavy atom. The number of nitrogens with one attached hydrogen (secondary N) is 1. The van der Waals surface area contributed by atoms with Gasteiger partial charge in [-0.15, -0.1) is 0 Å². The van der Waals surface area contributed by atoms with Crippen LogP contribution < -0.4 is 5.46 Å². The number of hydrogen-bond acceptors (Lipinski definition) is 3. The van der Waals surface area contributed by atoms with Gasteiger partial charge < -0.3 is 14.3 Å². The van der Waals surface area contributed by atoms with E-state index in [1.807, 2.05) is 39.8 Å². The molecule has 0 aliphatic carbocycles. The first kappa shape index (κ1) is 13.0. The predicted molar refractivity (Wildman–Crippen MR) is 76.8 cm³/mol. The number of fused-ring (bicyclic) bond motifs is 1. The van der Waals surface area contributed by atoms with E-state index in [4.69, 9.17) is 20.9 Å². The number of aromatic nitrogens is 2. The van der Waals surface area contributed by atoms with Crippen molar-refractivity contribution >= 4 is 35.2 Å². The van der Waals surface area contributed by atoms with E-state index in [9.17, 15) is 0 Å². The largest absolute Gasteiger partial charge is 0.494 e. The smallest absolute Gasteiger partial charge is 0.399 e. The average molecular weight is 279 g/mol. The highest BCUT2D eigenvalue weighted by molar-refractivity contribution is 6.62. The van der Waals surface area contributed by atoms with Gasteiger partial charge >= 0.3 is 7.12 Å². The Balaban J connectivity index is 2.02. The Labute approximate surface area is 117 Å². The van der Waals surface area contributed by atoms with Crippen LogP contribution in [-0.2, 0) is 9.31 Å². The number of hydrogen-bond donors (Lipinski definition) is 1. The van der Waals surface area contributed by atoms with Crippen molar-refractivity contribution in [3.63, 3.8) is 0 Å². The Kier molecular flexibility index (Phi) is 2.72. The van der Waals surface area contributed by atoms with Crippen LogP contribution in [0.4, 0.5) is 0 Å². The third-order valence-electron chi connectivity index (χ3n) is 4.02. The first-order valence-corrected chi connectivity index (χ1v) is 6.66. The van der Waals surface area contributed by atoms with Gasteiger partial charge in [-0.25, -0.2) is 4.98 Å². The number of benzene rings is 1. The fraction of sp³-hybridized carbons (Fsp3) is 0.462. The molecular weight excluding hydrogens is 262 g/mol. The lowest BCUT2D eigenvalue weighted by Crippen LogP contribution is -2.41. The summed E-state index contributed by atoms with van der Waals surface area (Å²) in [5.74, 6) is 0. The molecule has 0 amide bonds. The van der Waals surface area contributed by atoms with Crippen LogP contribution in [0.3, 0.4) is 0 Å². The molecular formula is C13H16BClN2O2. The van der Waals surface area contributed by atoms with Crippen molar-refractivity contribution in [3.8, 4) is 0 Å². The number of halogens is 1. The third-order valence-corrected chi connectivity index (χ3v) is 4.31. The Bertz CT molecular complexity index is 623. The minimum Gasteiger partial charge on any atom is -0.399 e. The van der Waals surface area contributed by atoms with Crippen LogP contribution in [0.1, 0.15) is 27.7 Å². The molecule has 1 aliphatic heterocycles. The fourth-order valence-corrected chi connectivity index (χ4v) is 2.42. The summed E-state index contributed by atoms with van der Waals surface area (Å²) >= 11 is 6.23. The minimum absolute atomic E-state index is 0.354. The predicted octanol–water partition coefficient (Wildman–Crippen LogP) is 2.52. The summed E-state index contributed by atoms with van der Waals surface area (Å²) in [4.78, 5) is 7.23. The number of imidazole rings is 1. The van der Waals surface area contributed by atoms with Crippen molar-refractivity contribution < 1.29 is 9.31 Å². The van der Waals surface area contributed by atoms with Gasteiger partial charge in [-0.2, -0.15) is 0 Å². The molecule has 0 spiro atoms. The summed E-state index contributed by atoms with van der Waals surface area (Å²) in [6.45, 7) is 8.12. The first-order chi connectivity index (χ1) is 8.80. The lowest BCUT2D eigenvalue weighted by Gasteiger charge is -2.32. The summed E-state index contributed by atoms with van der Waals surface area (Å²) in [6, 6.07) is 3.82. The number of aromatic amines is 1. The van der Waals surface area contributed by atoms with E-state index in [1.165, 1.54) is 0 Å². The quantitative estimate of drug-likeness (QED) is 0.815. The van der Waals surface area contributed by atoms with Gasteiger partial charge in [0.05, 0.1) is 28.1 Å². The molecule has 1 N–H and O–H groups in total. The van der Waals surface area contributed by atoms with E-state index in [2.05, 4.69) is 9.97 Å². The van der Waals surface area contributed by atoms with Gasteiger partial charge in [-0.05, 0) is 45.3 Å². The highest BCUT2D eigenvalue weighted by atomic mass is 35.5. The minimum atomic E-state index is -0.407. The number of H-pyrrole nitrogens is 1. The summed E-state index contributed by atoms with van der Waals surface area (Å²) < 4.78 is 12.0. The van der Waals surface area contributed by atoms with Crippen LogP contribution >= 0.6 is 11.6 Å². The lowest BCUT2D eigenvalue weighted by atomic mass is 9.79. The number of rotatable bonds is 1. The van der Waals surface area contributed by atoms with Crippen LogP contribution in [0.25, 0.3) is 11.0 Å². The highest BCUT2D eigenvalue weighted by Crippen LogP contribution is 2.36. The molecule has 6 heteroatoms. The number of nitrogens with zero attached hydrogens (tertiary/aromatic N) is 1. The van der Waals surface area contributed by atoms with Gasteiger partial charge in [0.1, 0.15) is 5.52 Å². The summed E-state index contributed by atoms with van der Waals surface area (Å²) in [5, 5.41) is 0.600. The topological polar surface area (TPSA) is 47.1 Å². The maximum atomic E-state index is 6.23. The second-order valence-corrected chi connectivity index (χ2v) is 6.30. The van der Waals surface area contributed by atoms with Crippen molar-refractivity contribution in [1.82, 2.24) is 9.97 Å². The molecule has 1 aromatic carbocycles. The Hall–Kier alpha value is -1.04. The van der Waals surface area contributed by atoms with Crippen molar-refractivity contribution in [2.45, 2.75) is 38.9 Å². The maximum absolute atomic E-state index is 6.23. The zero-order valence-corrected chi connectivity index (χ0v) is 12.2. The molecule has 2 aromatic rings. The van der Waals surface area contributed by atoms with E-state index >= 15 is 0 Å². The monoisotopic (exact) mass is 278 g/mol. The van der Waals surface area contributed by atoms with E-state index in [-0.39, 0.29) is 11.2 Å². The molecule has 1 saturated heterocycles. The molecule has 4 nitrogen and oxygen atoms in total. The molecule has 100 valence electrons. The summed E-state index contributed by atoms with van der Waals surface area (Å²) in [5.41, 5.74) is 1.85. The van der Waals surface area contributed by atoms with Crippen molar-refractivity contribution in [1.29, 1.82) is 0 Å². The van der Waals surface area contributed by atoms with E-state index in [0.29, 0.717) is 5.02 Å². The summed E-state index contributed by atoms with van der Waals surface area (Å²) in [6.07, 6.45) is 1.63. The zero-order valence-electron chi connectivity index (χ0n) is 11.5. The van der Waals surface area contributed by atoms with Gasteiger partial charge in [0.2, 0.25) is 0 Å². The molecule has 1 aliphatic rings. The van der Waals surface area contributed by atoms with Gasteiger partial charge in [0, 0.05) is 0 Å². The zero-order chi connectivity index (χ0) is 13.8. The molecule has 19 heavy (non-hydrogen) atoms. The second-order valence-electron chi connectivity index (χ2n) is 5.89. The molecule has 0 unspecified atom stereocenters. The molecule has 0 bridgehead atoms. The van der Waals surface area contributed by atoms with Crippen LogP contribution in [-0.4, -0.2) is 28.3 Å². The molecule has 0 radical (unpaired) electrons.